The van der Waals surface area contributed by atoms with E-state index in [2.05, 4.69) is 15.5 Å². The number of anilines is 1. The molecule has 0 radical (unpaired) electrons. The SMILES string of the molecule is COc1ccc(Cc2nnc(SCC(=O)Nc3ccc(F)cc3)o2)cc1. The van der Waals surface area contributed by atoms with Crippen LogP contribution in [0, 0.1) is 5.82 Å². The summed E-state index contributed by atoms with van der Waals surface area (Å²) in [7, 11) is 1.61. The largest absolute Gasteiger partial charge is 0.497 e. The summed E-state index contributed by atoms with van der Waals surface area (Å²) in [6, 6.07) is 13.1. The summed E-state index contributed by atoms with van der Waals surface area (Å²) in [5.41, 5.74) is 1.54. The Labute approximate surface area is 153 Å². The van der Waals surface area contributed by atoms with Gasteiger partial charge < -0.3 is 14.5 Å². The van der Waals surface area contributed by atoms with Crippen LogP contribution < -0.4 is 10.1 Å². The van der Waals surface area contributed by atoms with Gasteiger partial charge in [0, 0.05) is 5.69 Å². The van der Waals surface area contributed by atoms with Crippen molar-refractivity contribution in [3.05, 3.63) is 65.8 Å². The molecule has 3 rings (SSSR count). The number of carbonyl (C=O) groups is 1. The molecular formula is C18H16FN3O3S. The summed E-state index contributed by atoms with van der Waals surface area (Å²) in [5.74, 6) is 0.769. The van der Waals surface area contributed by atoms with Gasteiger partial charge in [0.15, 0.2) is 0 Å². The highest BCUT2D eigenvalue weighted by Crippen LogP contribution is 2.19. The number of amides is 1. The zero-order valence-corrected chi connectivity index (χ0v) is 14.8. The van der Waals surface area contributed by atoms with Crippen molar-refractivity contribution >= 4 is 23.4 Å². The molecule has 0 saturated carbocycles. The number of nitrogens with zero attached hydrogens (tertiary/aromatic N) is 2. The lowest BCUT2D eigenvalue weighted by molar-refractivity contribution is -0.113. The predicted molar refractivity (Wildman–Crippen MR) is 95.9 cm³/mol. The van der Waals surface area contributed by atoms with Crippen LogP contribution in [0.15, 0.2) is 58.2 Å². The summed E-state index contributed by atoms with van der Waals surface area (Å²) >= 11 is 1.14. The molecule has 0 unspecified atom stereocenters. The van der Waals surface area contributed by atoms with Crippen LogP contribution in [0.5, 0.6) is 5.75 Å². The lowest BCUT2D eigenvalue weighted by atomic mass is 10.1. The van der Waals surface area contributed by atoms with E-state index in [1.807, 2.05) is 24.3 Å². The highest BCUT2D eigenvalue weighted by Gasteiger charge is 2.11. The number of benzene rings is 2. The molecule has 0 aliphatic heterocycles. The Morgan fingerprint density at radius 2 is 1.88 bits per heavy atom. The summed E-state index contributed by atoms with van der Waals surface area (Å²) in [4.78, 5) is 11.9. The molecule has 0 fully saturated rings. The van der Waals surface area contributed by atoms with Gasteiger partial charge in [-0.1, -0.05) is 23.9 Å². The Morgan fingerprint density at radius 3 is 2.58 bits per heavy atom. The number of methoxy groups -OCH3 is 1. The average molecular weight is 373 g/mol. The maximum absolute atomic E-state index is 12.8. The Balaban J connectivity index is 1.49. The molecule has 1 heterocycles. The van der Waals surface area contributed by atoms with Gasteiger partial charge in [0.2, 0.25) is 11.8 Å². The predicted octanol–water partition coefficient (Wildman–Crippen LogP) is 3.54. The Bertz CT molecular complexity index is 866. The molecule has 0 atom stereocenters. The molecule has 1 amide bonds. The van der Waals surface area contributed by atoms with E-state index in [0.29, 0.717) is 23.2 Å². The van der Waals surface area contributed by atoms with Gasteiger partial charge in [-0.25, -0.2) is 4.39 Å². The van der Waals surface area contributed by atoms with E-state index in [1.54, 1.807) is 7.11 Å². The lowest BCUT2D eigenvalue weighted by Gasteiger charge is -2.03. The normalized spacial score (nSPS) is 10.5. The summed E-state index contributed by atoms with van der Waals surface area (Å²) in [5, 5.41) is 10.9. The van der Waals surface area contributed by atoms with Crippen LogP contribution in [-0.4, -0.2) is 29.0 Å². The van der Waals surface area contributed by atoms with Gasteiger partial charge in [0.05, 0.1) is 19.3 Å². The number of ether oxygens (including phenoxy) is 1. The van der Waals surface area contributed by atoms with E-state index in [4.69, 9.17) is 9.15 Å². The third-order valence-corrected chi connectivity index (χ3v) is 4.24. The first-order chi connectivity index (χ1) is 12.6. The van der Waals surface area contributed by atoms with Crippen LogP contribution in [0.1, 0.15) is 11.5 Å². The first kappa shape index (κ1) is 17.9. The number of aromatic nitrogens is 2. The van der Waals surface area contributed by atoms with Crippen molar-refractivity contribution in [2.75, 3.05) is 18.2 Å². The van der Waals surface area contributed by atoms with Crippen molar-refractivity contribution < 1.29 is 18.3 Å². The van der Waals surface area contributed by atoms with Crippen molar-refractivity contribution in [1.82, 2.24) is 10.2 Å². The molecule has 0 aliphatic carbocycles. The highest BCUT2D eigenvalue weighted by molar-refractivity contribution is 7.99. The molecule has 8 heteroatoms. The molecule has 0 saturated heterocycles. The average Bonchev–Trinajstić information content (AvgIpc) is 3.10. The van der Waals surface area contributed by atoms with Crippen molar-refractivity contribution in [2.24, 2.45) is 0 Å². The van der Waals surface area contributed by atoms with Crippen molar-refractivity contribution in [1.29, 1.82) is 0 Å². The molecule has 134 valence electrons. The first-order valence-corrected chi connectivity index (χ1v) is 8.74. The van der Waals surface area contributed by atoms with Crippen molar-refractivity contribution in [2.45, 2.75) is 11.6 Å². The Hall–Kier alpha value is -2.87. The van der Waals surface area contributed by atoms with E-state index in [0.717, 1.165) is 23.1 Å². The van der Waals surface area contributed by atoms with Gasteiger partial charge in [-0.15, -0.1) is 10.2 Å². The number of halogens is 1. The minimum absolute atomic E-state index is 0.113. The minimum atomic E-state index is -0.354. The Morgan fingerprint density at radius 1 is 1.15 bits per heavy atom. The van der Waals surface area contributed by atoms with Crippen LogP contribution in [0.3, 0.4) is 0 Å². The van der Waals surface area contributed by atoms with E-state index in [1.165, 1.54) is 24.3 Å². The Kier molecular flexibility index (Phi) is 5.85. The third kappa shape index (κ3) is 5.06. The molecule has 6 nitrogen and oxygen atoms in total. The molecule has 1 aromatic heterocycles. The van der Waals surface area contributed by atoms with Crippen molar-refractivity contribution in [3.8, 4) is 5.75 Å². The van der Waals surface area contributed by atoms with Gasteiger partial charge in [0.1, 0.15) is 11.6 Å². The summed E-state index contributed by atoms with van der Waals surface area (Å²) in [6.45, 7) is 0. The molecule has 0 bridgehead atoms. The molecule has 3 aromatic rings. The summed E-state index contributed by atoms with van der Waals surface area (Å²) < 4.78 is 23.5. The van der Waals surface area contributed by atoms with Crippen LogP contribution in [0.4, 0.5) is 10.1 Å². The maximum atomic E-state index is 12.8. The maximum Gasteiger partial charge on any atom is 0.277 e. The number of rotatable bonds is 7. The molecule has 0 aliphatic rings. The fraction of sp³-hybridized carbons (Fsp3) is 0.167. The monoisotopic (exact) mass is 373 g/mol. The van der Waals surface area contributed by atoms with Gasteiger partial charge in [-0.05, 0) is 42.0 Å². The summed E-state index contributed by atoms with van der Waals surface area (Å²) in [6.07, 6.45) is 0.499. The van der Waals surface area contributed by atoms with Crippen LogP contribution in [0.25, 0.3) is 0 Å². The second-order valence-electron chi connectivity index (χ2n) is 5.33. The molecule has 26 heavy (non-hydrogen) atoms. The second-order valence-corrected chi connectivity index (χ2v) is 6.26. The molecule has 2 aromatic carbocycles. The number of hydrogen-bond acceptors (Lipinski definition) is 6. The first-order valence-electron chi connectivity index (χ1n) is 7.76. The second kappa shape index (κ2) is 8.48. The van der Waals surface area contributed by atoms with Gasteiger partial charge in [-0.2, -0.15) is 0 Å². The fourth-order valence-electron chi connectivity index (χ4n) is 2.14. The standard InChI is InChI=1S/C18H16FN3O3S/c1-24-15-8-2-12(3-9-15)10-17-21-22-18(25-17)26-11-16(23)20-14-6-4-13(19)5-7-14/h2-9H,10-11H2,1H3,(H,20,23). The number of carbonyl (C=O) groups excluding carboxylic acids is 1. The van der Waals surface area contributed by atoms with Crippen molar-refractivity contribution in [3.63, 3.8) is 0 Å². The van der Waals surface area contributed by atoms with Gasteiger partial charge in [-0.3, -0.25) is 4.79 Å². The third-order valence-electron chi connectivity index (χ3n) is 3.42. The molecule has 1 N–H and O–H groups in total. The van der Waals surface area contributed by atoms with Gasteiger partial charge in [0.25, 0.3) is 5.22 Å². The number of hydrogen-bond donors (Lipinski definition) is 1. The van der Waals surface area contributed by atoms with Crippen LogP contribution >= 0.6 is 11.8 Å². The lowest BCUT2D eigenvalue weighted by Crippen LogP contribution is -2.13. The zero-order chi connectivity index (χ0) is 18.4. The molecule has 0 spiro atoms. The van der Waals surface area contributed by atoms with Gasteiger partial charge >= 0.3 is 0 Å². The quantitative estimate of drug-likeness (QED) is 0.639. The van der Waals surface area contributed by atoms with E-state index in [9.17, 15) is 9.18 Å². The fourth-order valence-corrected chi connectivity index (χ4v) is 2.72. The highest BCUT2D eigenvalue weighted by atomic mass is 32.2. The smallest absolute Gasteiger partial charge is 0.277 e. The van der Waals surface area contributed by atoms with Crippen LogP contribution in [-0.2, 0) is 11.2 Å². The number of thioether (sulfide) groups is 1. The minimum Gasteiger partial charge on any atom is -0.497 e. The van der Waals surface area contributed by atoms with E-state index >= 15 is 0 Å². The molecular weight excluding hydrogens is 357 g/mol. The van der Waals surface area contributed by atoms with E-state index in [-0.39, 0.29) is 17.5 Å². The topological polar surface area (TPSA) is 77.2 Å². The number of nitrogens with one attached hydrogen (secondary N) is 1. The van der Waals surface area contributed by atoms with E-state index < -0.39 is 0 Å². The van der Waals surface area contributed by atoms with Crippen LogP contribution in [0.2, 0.25) is 0 Å². The zero-order valence-electron chi connectivity index (χ0n) is 13.9.